The summed E-state index contributed by atoms with van der Waals surface area (Å²) >= 11 is 0. The first-order valence-electron chi connectivity index (χ1n) is 5.61. The molecule has 0 aliphatic carbocycles. The van der Waals surface area contributed by atoms with Crippen LogP contribution in [0.15, 0.2) is 0 Å². The van der Waals surface area contributed by atoms with Crippen LogP contribution in [0.5, 0.6) is 0 Å². The molecule has 0 spiro atoms. The zero-order chi connectivity index (χ0) is 13.4. The normalized spacial score (nSPS) is 12.0. The van der Waals surface area contributed by atoms with Crippen LogP contribution in [0.3, 0.4) is 0 Å². The maximum absolute atomic E-state index is 11.2. The molecule has 0 aliphatic rings. The number of carbonyl (C=O) groups excluding carboxylic acids is 2. The molecule has 0 aliphatic heterocycles. The van der Waals surface area contributed by atoms with Gasteiger partial charge in [-0.15, -0.1) is 0 Å². The molecule has 0 saturated heterocycles. The molecule has 17 heavy (non-hydrogen) atoms. The lowest BCUT2D eigenvalue weighted by Gasteiger charge is -2.10. The highest BCUT2D eigenvalue weighted by molar-refractivity contribution is 5.83. The molecule has 0 bridgehead atoms. The lowest BCUT2D eigenvalue weighted by Crippen LogP contribution is -2.39. The van der Waals surface area contributed by atoms with E-state index in [4.69, 9.17) is 5.11 Å². The fourth-order valence-electron chi connectivity index (χ4n) is 1.13. The standard InChI is InChI=1S/C11H20N2O4/c1-7(2)6-10(15)12-5-4-9(14)13-8(3)11(16)17/h7-8H,4-6H2,1-3H3,(H,12,15)(H,13,14)(H,16,17)/t8-/m0/s1. The molecule has 0 rings (SSSR count). The van der Waals surface area contributed by atoms with E-state index in [-0.39, 0.29) is 30.7 Å². The van der Waals surface area contributed by atoms with E-state index in [1.807, 2.05) is 13.8 Å². The zero-order valence-electron chi connectivity index (χ0n) is 10.4. The predicted octanol–water partition coefficient (Wildman–Crippen LogP) is 0.128. The lowest BCUT2D eigenvalue weighted by atomic mass is 10.1. The van der Waals surface area contributed by atoms with Crippen molar-refractivity contribution in [3.05, 3.63) is 0 Å². The maximum atomic E-state index is 11.2. The topological polar surface area (TPSA) is 95.5 Å². The molecule has 98 valence electrons. The number of rotatable bonds is 7. The summed E-state index contributed by atoms with van der Waals surface area (Å²) in [6.45, 7) is 5.48. The Labute approximate surface area is 101 Å². The van der Waals surface area contributed by atoms with Crippen LogP contribution in [0, 0.1) is 5.92 Å². The van der Waals surface area contributed by atoms with Crippen LogP contribution in [0.4, 0.5) is 0 Å². The predicted molar refractivity (Wildman–Crippen MR) is 62.3 cm³/mol. The minimum Gasteiger partial charge on any atom is -0.480 e. The van der Waals surface area contributed by atoms with Crippen molar-refractivity contribution in [1.82, 2.24) is 10.6 Å². The molecule has 0 heterocycles. The van der Waals surface area contributed by atoms with Gasteiger partial charge in [-0.3, -0.25) is 14.4 Å². The lowest BCUT2D eigenvalue weighted by molar-refractivity contribution is -0.141. The van der Waals surface area contributed by atoms with E-state index in [1.54, 1.807) is 0 Å². The van der Waals surface area contributed by atoms with Crippen molar-refractivity contribution >= 4 is 17.8 Å². The average molecular weight is 244 g/mol. The minimum absolute atomic E-state index is 0.0848. The van der Waals surface area contributed by atoms with Gasteiger partial charge in [-0.05, 0) is 12.8 Å². The van der Waals surface area contributed by atoms with Gasteiger partial charge < -0.3 is 15.7 Å². The van der Waals surface area contributed by atoms with Crippen LogP contribution in [0.25, 0.3) is 0 Å². The smallest absolute Gasteiger partial charge is 0.325 e. The third kappa shape index (κ3) is 8.24. The molecular formula is C11H20N2O4. The third-order valence-electron chi connectivity index (χ3n) is 2.02. The van der Waals surface area contributed by atoms with Crippen molar-refractivity contribution in [2.75, 3.05) is 6.54 Å². The minimum atomic E-state index is -1.08. The van der Waals surface area contributed by atoms with Gasteiger partial charge in [0.25, 0.3) is 0 Å². The van der Waals surface area contributed by atoms with Gasteiger partial charge in [-0.25, -0.2) is 0 Å². The van der Waals surface area contributed by atoms with Crippen molar-refractivity contribution in [2.24, 2.45) is 5.92 Å². The van der Waals surface area contributed by atoms with E-state index in [1.165, 1.54) is 6.92 Å². The summed E-state index contributed by atoms with van der Waals surface area (Å²) in [6.07, 6.45) is 0.509. The summed E-state index contributed by atoms with van der Waals surface area (Å²) in [6, 6.07) is -0.908. The number of carbonyl (C=O) groups is 3. The van der Waals surface area contributed by atoms with Gasteiger partial charge in [0.05, 0.1) is 0 Å². The molecule has 0 aromatic carbocycles. The Morgan fingerprint density at radius 1 is 1.12 bits per heavy atom. The van der Waals surface area contributed by atoms with Crippen LogP contribution >= 0.6 is 0 Å². The van der Waals surface area contributed by atoms with Crippen LogP contribution < -0.4 is 10.6 Å². The molecule has 0 aromatic heterocycles. The van der Waals surface area contributed by atoms with E-state index in [2.05, 4.69) is 10.6 Å². The van der Waals surface area contributed by atoms with E-state index < -0.39 is 12.0 Å². The number of carboxylic acid groups (broad SMARTS) is 1. The number of amides is 2. The second-order valence-electron chi connectivity index (χ2n) is 4.33. The van der Waals surface area contributed by atoms with E-state index >= 15 is 0 Å². The zero-order valence-corrected chi connectivity index (χ0v) is 10.4. The fourth-order valence-corrected chi connectivity index (χ4v) is 1.13. The first-order valence-corrected chi connectivity index (χ1v) is 5.61. The number of aliphatic carboxylic acids is 1. The Balaban J connectivity index is 3.71. The van der Waals surface area contributed by atoms with Gasteiger partial charge in [-0.2, -0.15) is 0 Å². The molecule has 2 amide bonds. The Bertz CT molecular complexity index is 289. The van der Waals surface area contributed by atoms with Crippen LogP contribution in [-0.4, -0.2) is 35.5 Å². The number of carboxylic acids is 1. The molecule has 6 heteroatoms. The van der Waals surface area contributed by atoms with Crippen molar-refractivity contribution in [2.45, 2.75) is 39.7 Å². The molecule has 0 radical (unpaired) electrons. The van der Waals surface area contributed by atoms with Gasteiger partial charge in [0.1, 0.15) is 6.04 Å². The van der Waals surface area contributed by atoms with Gasteiger partial charge in [0.15, 0.2) is 0 Å². The molecule has 0 aromatic rings. The fraction of sp³-hybridized carbons (Fsp3) is 0.727. The Kier molecular flexibility index (Phi) is 6.93. The van der Waals surface area contributed by atoms with Crippen molar-refractivity contribution in [3.63, 3.8) is 0 Å². The van der Waals surface area contributed by atoms with Crippen LogP contribution in [0.1, 0.15) is 33.6 Å². The molecule has 6 nitrogen and oxygen atoms in total. The highest BCUT2D eigenvalue weighted by atomic mass is 16.4. The van der Waals surface area contributed by atoms with Gasteiger partial charge >= 0.3 is 5.97 Å². The molecule has 0 fully saturated rings. The molecule has 0 saturated carbocycles. The van der Waals surface area contributed by atoms with Crippen molar-refractivity contribution < 1.29 is 19.5 Å². The molecule has 0 unspecified atom stereocenters. The SMILES string of the molecule is CC(C)CC(=O)NCCC(=O)N[C@@H](C)C(=O)O. The number of hydrogen-bond donors (Lipinski definition) is 3. The first-order chi connectivity index (χ1) is 7.82. The quantitative estimate of drug-likeness (QED) is 0.593. The Morgan fingerprint density at radius 3 is 2.18 bits per heavy atom. The molecule has 3 N–H and O–H groups in total. The average Bonchev–Trinajstić information content (AvgIpc) is 2.15. The van der Waals surface area contributed by atoms with Crippen LogP contribution in [0.2, 0.25) is 0 Å². The van der Waals surface area contributed by atoms with Gasteiger partial charge in [0.2, 0.25) is 11.8 Å². The van der Waals surface area contributed by atoms with Crippen molar-refractivity contribution in [1.29, 1.82) is 0 Å². The van der Waals surface area contributed by atoms with Crippen molar-refractivity contribution in [3.8, 4) is 0 Å². The monoisotopic (exact) mass is 244 g/mol. The number of hydrogen-bond acceptors (Lipinski definition) is 3. The highest BCUT2D eigenvalue weighted by Gasteiger charge is 2.13. The highest BCUT2D eigenvalue weighted by Crippen LogP contribution is 1.97. The molecule has 1 atom stereocenters. The summed E-state index contributed by atoms with van der Waals surface area (Å²) in [5, 5.41) is 13.5. The van der Waals surface area contributed by atoms with E-state index in [0.717, 1.165) is 0 Å². The summed E-state index contributed by atoms with van der Waals surface area (Å²) in [5.41, 5.74) is 0. The number of nitrogens with one attached hydrogen (secondary N) is 2. The second kappa shape index (κ2) is 7.65. The van der Waals surface area contributed by atoms with Gasteiger partial charge in [-0.1, -0.05) is 13.8 Å². The maximum Gasteiger partial charge on any atom is 0.325 e. The first kappa shape index (κ1) is 15.4. The van der Waals surface area contributed by atoms with E-state index in [9.17, 15) is 14.4 Å². The summed E-state index contributed by atoms with van der Waals surface area (Å²) in [5.74, 6) is -1.29. The Hall–Kier alpha value is -1.59. The Morgan fingerprint density at radius 2 is 1.71 bits per heavy atom. The van der Waals surface area contributed by atoms with E-state index in [0.29, 0.717) is 6.42 Å². The summed E-state index contributed by atoms with van der Waals surface area (Å²) < 4.78 is 0. The summed E-state index contributed by atoms with van der Waals surface area (Å²) in [4.78, 5) is 32.9. The second-order valence-corrected chi connectivity index (χ2v) is 4.33. The van der Waals surface area contributed by atoms with Gasteiger partial charge in [0, 0.05) is 19.4 Å². The summed E-state index contributed by atoms with van der Waals surface area (Å²) in [7, 11) is 0. The third-order valence-corrected chi connectivity index (χ3v) is 2.02. The van der Waals surface area contributed by atoms with Crippen LogP contribution in [-0.2, 0) is 14.4 Å². The molecular weight excluding hydrogens is 224 g/mol. The largest absolute Gasteiger partial charge is 0.480 e.